The van der Waals surface area contributed by atoms with Crippen molar-refractivity contribution in [3.63, 3.8) is 0 Å². The number of benzene rings is 2. The summed E-state index contributed by atoms with van der Waals surface area (Å²) in [4.78, 5) is 4.67. The Labute approximate surface area is 177 Å². The van der Waals surface area contributed by atoms with Gasteiger partial charge in [-0.15, -0.1) is 21.5 Å². The molecule has 0 aliphatic heterocycles. The van der Waals surface area contributed by atoms with Gasteiger partial charge in [-0.3, -0.25) is 4.57 Å². The van der Waals surface area contributed by atoms with Gasteiger partial charge in [0, 0.05) is 11.1 Å². The fraction of sp³-hybridized carbons (Fsp3) is 0.190. The van der Waals surface area contributed by atoms with E-state index in [2.05, 4.69) is 27.5 Å². The summed E-state index contributed by atoms with van der Waals surface area (Å²) in [6.45, 7) is 2.53. The molecule has 0 saturated carbocycles. The van der Waals surface area contributed by atoms with Crippen LogP contribution in [-0.2, 0) is 12.4 Å². The normalized spacial score (nSPS) is 10.8. The molecular weight excluding hydrogens is 404 g/mol. The highest BCUT2D eigenvalue weighted by Crippen LogP contribution is 2.28. The Morgan fingerprint density at radius 2 is 1.93 bits per heavy atom. The van der Waals surface area contributed by atoms with E-state index in [0.717, 1.165) is 33.0 Å². The van der Waals surface area contributed by atoms with E-state index in [9.17, 15) is 0 Å². The first kappa shape index (κ1) is 19.5. The molecule has 0 amide bonds. The van der Waals surface area contributed by atoms with Gasteiger partial charge < -0.3 is 9.47 Å². The van der Waals surface area contributed by atoms with E-state index in [-0.39, 0.29) is 0 Å². The zero-order valence-corrected chi connectivity index (χ0v) is 17.7. The number of ether oxygens (including phenoxy) is 2. The third kappa shape index (κ3) is 4.78. The second kappa shape index (κ2) is 9.11. The first-order valence-electron chi connectivity index (χ1n) is 9.02. The SMILES string of the molecule is COc1ccccc1-n1cnnc1SCc1csc(COc2ccc(C)cc2)n1. The smallest absolute Gasteiger partial charge is 0.196 e. The van der Waals surface area contributed by atoms with Crippen LogP contribution in [0.1, 0.15) is 16.3 Å². The Hall–Kier alpha value is -2.84. The molecular formula is C21H20N4O2S2. The van der Waals surface area contributed by atoms with E-state index >= 15 is 0 Å². The number of rotatable bonds is 8. The fourth-order valence-corrected chi connectivity index (χ4v) is 4.34. The average molecular weight is 425 g/mol. The highest BCUT2D eigenvalue weighted by molar-refractivity contribution is 7.98. The summed E-state index contributed by atoms with van der Waals surface area (Å²) in [7, 11) is 1.66. The molecule has 0 bridgehead atoms. The summed E-state index contributed by atoms with van der Waals surface area (Å²) < 4.78 is 13.2. The van der Waals surface area contributed by atoms with Gasteiger partial charge in [0.1, 0.15) is 29.4 Å². The third-order valence-electron chi connectivity index (χ3n) is 4.19. The lowest BCUT2D eigenvalue weighted by atomic mass is 10.2. The standard InChI is InChI=1S/C21H20N4O2S2/c1-15-7-9-17(10-8-15)27-11-20-23-16(12-28-20)13-29-21-24-22-14-25(21)18-5-3-4-6-19(18)26-2/h3-10,12,14H,11,13H2,1-2H3. The Morgan fingerprint density at radius 3 is 2.76 bits per heavy atom. The predicted octanol–water partition coefficient (Wildman–Crippen LogP) is 4.91. The van der Waals surface area contributed by atoms with Gasteiger partial charge in [-0.25, -0.2) is 4.98 Å². The van der Waals surface area contributed by atoms with Crippen molar-refractivity contribution in [2.24, 2.45) is 0 Å². The molecule has 2 heterocycles. The molecule has 0 unspecified atom stereocenters. The van der Waals surface area contributed by atoms with E-state index < -0.39 is 0 Å². The quantitative estimate of drug-likeness (QED) is 0.375. The zero-order valence-electron chi connectivity index (χ0n) is 16.1. The van der Waals surface area contributed by atoms with E-state index in [1.807, 2.05) is 53.1 Å². The van der Waals surface area contributed by atoms with Gasteiger partial charge in [-0.2, -0.15) is 0 Å². The van der Waals surface area contributed by atoms with Crippen molar-refractivity contribution >= 4 is 23.1 Å². The molecule has 0 radical (unpaired) electrons. The summed E-state index contributed by atoms with van der Waals surface area (Å²) in [5, 5.41) is 12.1. The molecule has 148 valence electrons. The lowest BCUT2D eigenvalue weighted by molar-refractivity contribution is 0.305. The lowest BCUT2D eigenvalue weighted by Gasteiger charge is -2.10. The number of nitrogens with zero attached hydrogens (tertiary/aromatic N) is 4. The minimum absolute atomic E-state index is 0.468. The largest absolute Gasteiger partial charge is 0.495 e. The highest BCUT2D eigenvalue weighted by Gasteiger charge is 2.12. The number of methoxy groups -OCH3 is 1. The van der Waals surface area contributed by atoms with Gasteiger partial charge in [-0.1, -0.05) is 41.6 Å². The van der Waals surface area contributed by atoms with Crippen molar-refractivity contribution in [2.45, 2.75) is 24.4 Å². The lowest BCUT2D eigenvalue weighted by Crippen LogP contribution is -1.99. The molecule has 0 aliphatic carbocycles. The summed E-state index contributed by atoms with van der Waals surface area (Å²) in [5.74, 6) is 2.33. The molecule has 0 saturated heterocycles. The predicted molar refractivity (Wildman–Crippen MR) is 115 cm³/mol. The van der Waals surface area contributed by atoms with Crippen LogP contribution in [0.4, 0.5) is 0 Å². The minimum Gasteiger partial charge on any atom is -0.495 e. The third-order valence-corrected chi connectivity index (χ3v) is 6.04. The summed E-state index contributed by atoms with van der Waals surface area (Å²) in [5.41, 5.74) is 3.12. The number of hydrogen-bond acceptors (Lipinski definition) is 7. The summed E-state index contributed by atoms with van der Waals surface area (Å²) in [6.07, 6.45) is 1.70. The fourth-order valence-electron chi connectivity index (χ4n) is 2.72. The number of aryl methyl sites for hydroxylation is 1. The Morgan fingerprint density at radius 1 is 1.10 bits per heavy atom. The molecule has 0 aliphatic rings. The average Bonchev–Trinajstić information content (AvgIpc) is 3.41. The molecule has 0 atom stereocenters. The Kier molecular flexibility index (Phi) is 6.12. The molecule has 4 rings (SSSR count). The molecule has 29 heavy (non-hydrogen) atoms. The maximum Gasteiger partial charge on any atom is 0.196 e. The Bertz CT molecular complexity index is 1080. The van der Waals surface area contributed by atoms with Gasteiger partial charge in [-0.05, 0) is 31.2 Å². The maximum absolute atomic E-state index is 5.81. The molecule has 2 aromatic carbocycles. The zero-order chi connectivity index (χ0) is 20.1. The van der Waals surface area contributed by atoms with E-state index in [0.29, 0.717) is 12.4 Å². The number of thiazole rings is 1. The second-order valence-corrected chi connectivity index (χ2v) is 8.16. The van der Waals surface area contributed by atoms with Gasteiger partial charge >= 0.3 is 0 Å². The molecule has 4 aromatic rings. The van der Waals surface area contributed by atoms with Crippen LogP contribution < -0.4 is 9.47 Å². The first-order chi connectivity index (χ1) is 14.2. The highest BCUT2D eigenvalue weighted by atomic mass is 32.2. The Balaban J connectivity index is 1.38. The van der Waals surface area contributed by atoms with Crippen LogP contribution in [0.15, 0.2) is 65.4 Å². The van der Waals surface area contributed by atoms with Crippen LogP contribution in [0, 0.1) is 6.92 Å². The van der Waals surface area contributed by atoms with Gasteiger partial charge in [0.15, 0.2) is 5.16 Å². The molecule has 0 N–H and O–H groups in total. The van der Waals surface area contributed by atoms with Crippen molar-refractivity contribution < 1.29 is 9.47 Å². The number of aromatic nitrogens is 4. The number of para-hydroxylation sites is 2. The van der Waals surface area contributed by atoms with Crippen molar-refractivity contribution in [3.05, 3.63) is 76.5 Å². The van der Waals surface area contributed by atoms with Crippen LogP contribution in [-0.4, -0.2) is 26.9 Å². The molecule has 2 aromatic heterocycles. The maximum atomic E-state index is 5.81. The molecule has 0 spiro atoms. The van der Waals surface area contributed by atoms with Crippen molar-refractivity contribution in [1.82, 2.24) is 19.7 Å². The first-order valence-corrected chi connectivity index (χ1v) is 10.9. The van der Waals surface area contributed by atoms with Gasteiger partial charge in [0.2, 0.25) is 0 Å². The van der Waals surface area contributed by atoms with Crippen LogP contribution in [0.5, 0.6) is 11.5 Å². The van der Waals surface area contributed by atoms with Crippen molar-refractivity contribution in [1.29, 1.82) is 0 Å². The molecule has 6 nitrogen and oxygen atoms in total. The molecule has 8 heteroatoms. The van der Waals surface area contributed by atoms with Crippen molar-refractivity contribution in [3.8, 4) is 17.2 Å². The second-order valence-electron chi connectivity index (χ2n) is 6.28. The van der Waals surface area contributed by atoms with Crippen molar-refractivity contribution in [2.75, 3.05) is 7.11 Å². The monoisotopic (exact) mass is 424 g/mol. The topological polar surface area (TPSA) is 62.1 Å². The minimum atomic E-state index is 0.468. The van der Waals surface area contributed by atoms with Gasteiger partial charge in [0.05, 0.1) is 18.5 Å². The van der Waals surface area contributed by atoms with E-state index in [1.54, 1.807) is 36.5 Å². The summed E-state index contributed by atoms with van der Waals surface area (Å²) >= 11 is 3.19. The number of hydrogen-bond donors (Lipinski definition) is 0. The van der Waals surface area contributed by atoms with Crippen LogP contribution in [0.2, 0.25) is 0 Å². The van der Waals surface area contributed by atoms with Crippen LogP contribution in [0.25, 0.3) is 5.69 Å². The van der Waals surface area contributed by atoms with Crippen LogP contribution in [0.3, 0.4) is 0 Å². The summed E-state index contributed by atoms with van der Waals surface area (Å²) in [6, 6.07) is 15.8. The van der Waals surface area contributed by atoms with E-state index in [1.165, 1.54) is 5.56 Å². The van der Waals surface area contributed by atoms with Crippen LogP contribution >= 0.6 is 23.1 Å². The molecule has 0 fully saturated rings. The number of thioether (sulfide) groups is 1. The van der Waals surface area contributed by atoms with Gasteiger partial charge in [0.25, 0.3) is 0 Å². The van der Waals surface area contributed by atoms with E-state index in [4.69, 9.17) is 9.47 Å².